The van der Waals surface area contributed by atoms with E-state index in [0.717, 1.165) is 0 Å². The molecule has 1 aromatic rings. The number of carboxylic acids is 1. The average molecular weight is 302 g/mol. The van der Waals surface area contributed by atoms with Gasteiger partial charge in [-0.25, -0.2) is 4.79 Å². The Morgan fingerprint density at radius 3 is 2.37 bits per heavy atom. The van der Waals surface area contributed by atoms with E-state index in [9.17, 15) is 13.2 Å². The SMILES string of the molecule is CC(C)(C)C1=NS(=O)(=O)c2c(C(=O)O)ccc(Cl)c21. The molecule has 0 atom stereocenters. The van der Waals surface area contributed by atoms with Gasteiger partial charge in [-0.3, -0.25) is 0 Å². The van der Waals surface area contributed by atoms with Crippen LogP contribution in [0, 0.1) is 5.41 Å². The van der Waals surface area contributed by atoms with Crippen molar-refractivity contribution in [2.45, 2.75) is 25.7 Å². The van der Waals surface area contributed by atoms with Crippen LogP contribution in [0.1, 0.15) is 36.7 Å². The fourth-order valence-electron chi connectivity index (χ4n) is 1.94. The highest BCUT2D eigenvalue weighted by Gasteiger charge is 2.39. The number of nitrogens with zero attached hydrogens (tertiary/aromatic N) is 1. The molecule has 1 N–H and O–H groups in total. The van der Waals surface area contributed by atoms with Crippen molar-refractivity contribution in [2.24, 2.45) is 9.81 Å². The molecule has 102 valence electrons. The Morgan fingerprint density at radius 2 is 1.89 bits per heavy atom. The van der Waals surface area contributed by atoms with Crippen molar-refractivity contribution in [1.82, 2.24) is 0 Å². The highest BCUT2D eigenvalue weighted by atomic mass is 35.5. The van der Waals surface area contributed by atoms with E-state index in [0.29, 0.717) is 0 Å². The summed E-state index contributed by atoms with van der Waals surface area (Å²) in [5, 5.41) is 9.29. The number of rotatable bonds is 1. The number of sulfonamides is 1. The molecule has 0 unspecified atom stereocenters. The van der Waals surface area contributed by atoms with E-state index in [1.807, 2.05) is 0 Å². The largest absolute Gasteiger partial charge is 0.478 e. The van der Waals surface area contributed by atoms with Crippen LogP contribution in [0.4, 0.5) is 0 Å². The minimum Gasteiger partial charge on any atom is -0.478 e. The third-order valence-electron chi connectivity index (χ3n) is 2.75. The molecule has 0 saturated carbocycles. The third kappa shape index (κ3) is 2.15. The molecule has 5 nitrogen and oxygen atoms in total. The van der Waals surface area contributed by atoms with Gasteiger partial charge < -0.3 is 5.11 Å². The first-order valence-electron chi connectivity index (χ1n) is 5.47. The van der Waals surface area contributed by atoms with Gasteiger partial charge in [0.1, 0.15) is 4.90 Å². The lowest BCUT2D eigenvalue weighted by Crippen LogP contribution is -2.20. The quantitative estimate of drug-likeness (QED) is 0.864. The van der Waals surface area contributed by atoms with Crippen molar-refractivity contribution >= 4 is 33.3 Å². The topological polar surface area (TPSA) is 83.8 Å². The van der Waals surface area contributed by atoms with E-state index in [-0.39, 0.29) is 26.8 Å². The van der Waals surface area contributed by atoms with Gasteiger partial charge in [-0.1, -0.05) is 32.4 Å². The van der Waals surface area contributed by atoms with Gasteiger partial charge >= 0.3 is 5.97 Å². The lowest BCUT2D eigenvalue weighted by atomic mass is 9.85. The number of carboxylic acid groups (broad SMARTS) is 1. The minimum atomic E-state index is -4.01. The first-order valence-corrected chi connectivity index (χ1v) is 7.29. The van der Waals surface area contributed by atoms with Crippen molar-refractivity contribution in [3.8, 4) is 0 Å². The number of aromatic carboxylic acids is 1. The zero-order chi connectivity index (χ0) is 14.6. The van der Waals surface area contributed by atoms with E-state index in [2.05, 4.69) is 4.40 Å². The van der Waals surface area contributed by atoms with Crippen molar-refractivity contribution < 1.29 is 18.3 Å². The van der Waals surface area contributed by atoms with E-state index in [4.69, 9.17) is 16.7 Å². The van der Waals surface area contributed by atoms with E-state index in [1.165, 1.54) is 12.1 Å². The normalized spacial score (nSPS) is 16.9. The lowest BCUT2D eigenvalue weighted by Gasteiger charge is -2.19. The number of hydrogen-bond acceptors (Lipinski definition) is 3. The Kier molecular flexibility index (Phi) is 2.98. The fourth-order valence-corrected chi connectivity index (χ4v) is 3.84. The first-order chi connectivity index (χ1) is 8.55. The van der Waals surface area contributed by atoms with Gasteiger partial charge in [-0.05, 0) is 12.1 Å². The maximum Gasteiger partial charge on any atom is 0.337 e. The lowest BCUT2D eigenvalue weighted by molar-refractivity contribution is 0.0692. The molecule has 0 saturated heterocycles. The van der Waals surface area contributed by atoms with Crippen LogP contribution in [0.5, 0.6) is 0 Å². The summed E-state index contributed by atoms with van der Waals surface area (Å²) in [6.45, 7) is 5.38. The summed E-state index contributed by atoms with van der Waals surface area (Å²) in [4.78, 5) is 10.8. The van der Waals surface area contributed by atoms with Crippen LogP contribution < -0.4 is 0 Å². The molecule has 2 rings (SSSR count). The molecule has 0 aromatic heterocycles. The highest BCUT2D eigenvalue weighted by molar-refractivity contribution is 7.91. The molecule has 7 heteroatoms. The van der Waals surface area contributed by atoms with Gasteiger partial charge in [0.25, 0.3) is 10.0 Å². The number of carbonyl (C=O) groups is 1. The second-order valence-corrected chi connectivity index (χ2v) is 7.22. The maximum absolute atomic E-state index is 12.1. The predicted molar refractivity (Wildman–Crippen MR) is 71.6 cm³/mol. The first kappa shape index (κ1) is 14.0. The van der Waals surface area contributed by atoms with Crippen LogP contribution in [0.2, 0.25) is 5.02 Å². The Morgan fingerprint density at radius 1 is 1.32 bits per heavy atom. The van der Waals surface area contributed by atoms with E-state index < -0.39 is 21.4 Å². The molecule has 0 amide bonds. The van der Waals surface area contributed by atoms with Gasteiger partial charge in [0, 0.05) is 11.0 Å². The highest BCUT2D eigenvalue weighted by Crippen LogP contribution is 2.39. The summed E-state index contributed by atoms with van der Waals surface area (Å²) in [6, 6.07) is 2.56. The zero-order valence-electron chi connectivity index (χ0n) is 10.6. The molecule has 19 heavy (non-hydrogen) atoms. The molecule has 1 aliphatic rings. The predicted octanol–water partition coefficient (Wildman–Crippen LogP) is 2.58. The summed E-state index contributed by atoms with van der Waals surface area (Å²) in [5.74, 6) is -1.32. The monoisotopic (exact) mass is 301 g/mol. The van der Waals surface area contributed by atoms with Crippen LogP contribution >= 0.6 is 11.6 Å². The Balaban J connectivity index is 2.92. The minimum absolute atomic E-state index is 0.190. The summed E-state index contributed by atoms with van der Waals surface area (Å²) in [7, 11) is -4.01. The molecule has 1 aliphatic heterocycles. The second-order valence-electron chi connectivity index (χ2n) is 5.27. The zero-order valence-corrected chi connectivity index (χ0v) is 12.1. The van der Waals surface area contributed by atoms with Crippen LogP contribution in [0.25, 0.3) is 0 Å². The second kappa shape index (κ2) is 4.05. The van der Waals surface area contributed by atoms with Crippen molar-refractivity contribution in [2.75, 3.05) is 0 Å². The fraction of sp³-hybridized carbons (Fsp3) is 0.333. The van der Waals surface area contributed by atoms with Gasteiger partial charge in [0.2, 0.25) is 0 Å². The van der Waals surface area contributed by atoms with Gasteiger partial charge in [0.15, 0.2) is 0 Å². The van der Waals surface area contributed by atoms with Gasteiger partial charge in [-0.2, -0.15) is 12.8 Å². The molecular formula is C12H12ClNO4S. The summed E-state index contributed by atoms with van der Waals surface area (Å²) in [5.41, 5.74) is -0.369. The number of benzene rings is 1. The molecule has 0 fully saturated rings. The van der Waals surface area contributed by atoms with Crippen molar-refractivity contribution in [3.63, 3.8) is 0 Å². The molecule has 1 aromatic carbocycles. The van der Waals surface area contributed by atoms with Crippen LogP contribution in [0.3, 0.4) is 0 Å². The van der Waals surface area contributed by atoms with Gasteiger partial charge in [-0.15, -0.1) is 0 Å². The standard InChI is InChI=1S/C12H12ClNO4S/c1-12(2,3)10-8-7(13)5-4-6(11(15)16)9(8)19(17,18)14-10/h4-5H,1-3H3,(H,15,16). The average Bonchev–Trinajstić information content (AvgIpc) is 2.52. The third-order valence-corrected chi connectivity index (χ3v) is 4.43. The van der Waals surface area contributed by atoms with Crippen LogP contribution in [-0.4, -0.2) is 25.2 Å². The molecule has 1 heterocycles. The summed E-state index contributed by atoms with van der Waals surface area (Å²) in [6.07, 6.45) is 0. The Labute approximate surface area is 116 Å². The molecular weight excluding hydrogens is 290 g/mol. The Hall–Kier alpha value is -1.40. The van der Waals surface area contributed by atoms with Crippen LogP contribution in [-0.2, 0) is 10.0 Å². The number of fused-ring (bicyclic) bond motifs is 1. The van der Waals surface area contributed by atoms with E-state index >= 15 is 0 Å². The molecule has 0 bridgehead atoms. The molecule has 0 spiro atoms. The van der Waals surface area contributed by atoms with Crippen molar-refractivity contribution in [1.29, 1.82) is 0 Å². The van der Waals surface area contributed by atoms with E-state index in [1.54, 1.807) is 20.8 Å². The maximum atomic E-state index is 12.1. The number of halogens is 1. The van der Waals surface area contributed by atoms with Crippen molar-refractivity contribution in [3.05, 3.63) is 28.3 Å². The summed E-state index contributed by atoms with van der Waals surface area (Å²) < 4.78 is 27.9. The van der Waals surface area contributed by atoms with Gasteiger partial charge in [0.05, 0.1) is 16.3 Å². The molecule has 0 aliphatic carbocycles. The smallest absolute Gasteiger partial charge is 0.337 e. The molecule has 0 radical (unpaired) electrons. The summed E-state index contributed by atoms with van der Waals surface area (Å²) >= 11 is 6.04. The number of hydrogen-bond donors (Lipinski definition) is 1. The van der Waals surface area contributed by atoms with Crippen LogP contribution in [0.15, 0.2) is 21.4 Å². The Bertz CT molecular complexity index is 714.